The van der Waals surface area contributed by atoms with Gasteiger partial charge in [-0.1, -0.05) is 6.92 Å². The molecule has 0 saturated heterocycles. The van der Waals surface area contributed by atoms with Gasteiger partial charge in [-0.3, -0.25) is 19.8 Å². The fourth-order valence-electron chi connectivity index (χ4n) is 2.39. The first-order valence-corrected chi connectivity index (χ1v) is 7.74. The Morgan fingerprint density at radius 3 is 2.35 bits per heavy atom. The number of ether oxygens (including phenoxy) is 1. The zero-order valence-corrected chi connectivity index (χ0v) is 14.2. The van der Waals surface area contributed by atoms with E-state index in [1.165, 1.54) is 24.0 Å². The molecule has 0 saturated carbocycles. The molecule has 1 atom stereocenters. The van der Waals surface area contributed by atoms with Crippen molar-refractivity contribution in [1.82, 2.24) is 4.98 Å². The predicted molar refractivity (Wildman–Crippen MR) is 92.3 cm³/mol. The van der Waals surface area contributed by atoms with Crippen LogP contribution in [0.4, 0.5) is 11.4 Å². The summed E-state index contributed by atoms with van der Waals surface area (Å²) in [5, 5.41) is 19.9. The molecule has 1 unspecified atom stereocenters. The third-order valence-corrected chi connectivity index (χ3v) is 3.59. The lowest BCUT2D eigenvalue weighted by atomic mass is 10.1. The highest BCUT2D eigenvalue weighted by atomic mass is 16.6. The van der Waals surface area contributed by atoms with E-state index in [1.807, 2.05) is 0 Å². The summed E-state index contributed by atoms with van der Waals surface area (Å²) in [5.74, 6) is -0.909. The largest absolute Gasteiger partial charge is 0.480 e. The summed E-state index contributed by atoms with van der Waals surface area (Å²) in [6, 6.07) is 7.92. The number of aromatic nitrogens is 1. The maximum absolute atomic E-state index is 11.9. The molecule has 0 aliphatic heterocycles. The molecular weight excluding hydrogens is 342 g/mol. The molecule has 0 spiro atoms. The van der Waals surface area contributed by atoms with E-state index in [-0.39, 0.29) is 23.9 Å². The molecule has 9 nitrogen and oxygen atoms in total. The Morgan fingerprint density at radius 2 is 1.92 bits per heavy atom. The third-order valence-electron chi connectivity index (χ3n) is 3.59. The zero-order chi connectivity index (χ0) is 19.3. The Balaban J connectivity index is 2.19. The van der Waals surface area contributed by atoms with Gasteiger partial charge < -0.3 is 9.84 Å². The van der Waals surface area contributed by atoms with Crippen LogP contribution in [0.2, 0.25) is 0 Å². The number of hydrogen-bond acceptors (Lipinski definition) is 6. The first-order valence-electron chi connectivity index (χ1n) is 7.74. The monoisotopic (exact) mass is 359 g/mol. The second-order valence-corrected chi connectivity index (χ2v) is 5.36. The minimum atomic E-state index is -1.09. The van der Waals surface area contributed by atoms with Gasteiger partial charge in [0.15, 0.2) is 0 Å². The van der Waals surface area contributed by atoms with E-state index in [0.29, 0.717) is 11.4 Å². The minimum Gasteiger partial charge on any atom is -0.480 e. The van der Waals surface area contributed by atoms with Crippen LogP contribution in [0.25, 0.3) is 0 Å². The van der Waals surface area contributed by atoms with Crippen molar-refractivity contribution >= 4 is 23.3 Å². The van der Waals surface area contributed by atoms with Crippen LogP contribution in [0.1, 0.15) is 20.3 Å². The van der Waals surface area contributed by atoms with Crippen LogP contribution < -0.4 is 9.64 Å². The Morgan fingerprint density at radius 1 is 1.27 bits per heavy atom. The predicted octanol–water partition coefficient (Wildman–Crippen LogP) is 3.00. The lowest BCUT2D eigenvalue weighted by molar-refractivity contribution is -0.385. The van der Waals surface area contributed by atoms with Gasteiger partial charge in [-0.2, -0.15) is 0 Å². The van der Waals surface area contributed by atoms with E-state index in [1.54, 1.807) is 31.2 Å². The molecule has 9 heteroatoms. The lowest BCUT2D eigenvalue weighted by Gasteiger charge is -2.27. The molecule has 1 N–H and O–H groups in total. The lowest BCUT2D eigenvalue weighted by Crippen LogP contribution is -2.43. The molecule has 1 amide bonds. The van der Waals surface area contributed by atoms with Crippen LogP contribution in [-0.2, 0) is 9.59 Å². The van der Waals surface area contributed by atoms with Gasteiger partial charge >= 0.3 is 5.97 Å². The van der Waals surface area contributed by atoms with Crippen LogP contribution in [0.15, 0.2) is 42.6 Å². The van der Waals surface area contributed by atoms with Gasteiger partial charge in [-0.15, -0.1) is 0 Å². The number of pyridine rings is 1. The number of anilines is 1. The van der Waals surface area contributed by atoms with Crippen molar-refractivity contribution in [3.8, 4) is 11.6 Å². The van der Waals surface area contributed by atoms with Gasteiger partial charge in [0.05, 0.1) is 4.92 Å². The smallest absolute Gasteiger partial charge is 0.326 e. The average Bonchev–Trinajstić information content (AvgIpc) is 2.60. The summed E-state index contributed by atoms with van der Waals surface area (Å²) >= 11 is 0. The first-order chi connectivity index (χ1) is 12.3. The van der Waals surface area contributed by atoms with Gasteiger partial charge in [-0.05, 0) is 30.7 Å². The summed E-state index contributed by atoms with van der Waals surface area (Å²) in [7, 11) is 0. The Kier molecular flexibility index (Phi) is 5.84. The number of aliphatic carboxylic acids is 1. The van der Waals surface area contributed by atoms with Crippen LogP contribution in [0, 0.1) is 10.1 Å². The number of rotatable bonds is 7. The van der Waals surface area contributed by atoms with Crippen LogP contribution >= 0.6 is 0 Å². The quantitative estimate of drug-likeness (QED) is 0.595. The zero-order valence-electron chi connectivity index (χ0n) is 14.2. The molecular formula is C17H17N3O6. The van der Waals surface area contributed by atoms with E-state index in [9.17, 15) is 24.8 Å². The van der Waals surface area contributed by atoms with Gasteiger partial charge in [0.25, 0.3) is 5.69 Å². The van der Waals surface area contributed by atoms with Crippen molar-refractivity contribution < 1.29 is 24.4 Å². The standard InChI is InChI=1S/C17H17N3O6/c1-3-15(17(22)23)19(11(2)21)12-4-7-14(8-5-12)26-16-9-6-13(10-18-16)20(24)25/h4-10,15H,3H2,1-2H3,(H,22,23). The van der Waals surface area contributed by atoms with Crippen LogP contribution in [0.3, 0.4) is 0 Å². The number of carbonyl (C=O) groups excluding carboxylic acids is 1. The number of nitrogens with zero attached hydrogens (tertiary/aromatic N) is 3. The Bertz CT molecular complexity index is 804. The topological polar surface area (TPSA) is 123 Å². The highest BCUT2D eigenvalue weighted by Gasteiger charge is 2.27. The highest BCUT2D eigenvalue weighted by molar-refractivity contribution is 5.97. The van der Waals surface area contributed by atoms with Crippen molar-refractivity contribution in [2.24, 2.45) is 0 Å². The summed E-state index contributed by atoms with van der Waals surface area (Å²) < 4.78 is 5.49. The maximum atomic E-state index is 11.9. The van der Waals surface area contributed by atoms with Crippen molar-refractivity contribution in [3.63, 3.8) is 0 Å². The Labute approximate surface area is 149 Å². The summed E-state index contributed by atoms with van der Waals surface area (Å²) in [4.78, 5) is 38.3. The number of carbonyl (C=O) groups is 2. The number of benzene rings is 1. The second kappa shape index (κ2) is 8.06. The third kappa shape index (κ3) is 4.32. The fraction of sp³-hybridized carbons (Fsp3) is 0.235. The number of hydrogen-bond donors (Lipinski definition) is 1. The number of carboxylic acids is 1. The van der Waals surface area contributed by atoms with Crippen molar-refractivity contribution in [2.75, 3.05) is 4.90 Å². The maximum Gasteiger partial charge on any atom is 0.326 e. The SMILES string of the molecule is CCC(C(=O)O)N(C(C)=O)c1ccc(Oc2ccc([N+](=O)[O-])cn2)cc1. The first kappa shape index (κ1) is 18.8. The van der Waals surface area contributed by atoms with Crippen molar-refractivity contribution in [1.29, 1.82) is 0 Å². The van der Waals surface area contributed by atoms with E-state index in [2.05, 4.69) is 4.98 Å². The molecule has 0 aliphatic carbocycles. The van der Waals surface area contributed by atoms with E-state index in [4.69, 9.17) is 4.74 Å². The molecule has 26 heavy (non-hydrogen) atoms. The van der Waals surface area contributed by atoms with Crippen molar-refractivity contribution in [2.45, 2.75) is 26.3 Å². The number of amides is 1. The van der Waals surface area contributed by atoms with Crippen LogP contribution in [-0.4, -0.2) is 32.9 Å². The second-order valence-electron chi connectivity index (χ2n) is 5.36. The van der Waals surface area contributed by atoms with Gasteiger partial charge in [0.2, 0.25) is 11.8 Å². The highest BCUT2D eigenvalue weighted by Crippen LogP contribution is 2.26. The van der Waals surface area contributed by atoms with E-state index < -0.39 is 16.9 Å². The molecule has 0 radical (unpaired) electrons. The van der Waals surface area contributed by atoms with E-state index >= 15 is 0 Å². The Hall–Kier alpha value is -3.49. The molecule has 0 aliphatic rings. The average molecular weight is 359 g/mol. The van der Waals surface area contributed by atoms with Crippen molar-refractivity contribution in [3.05, 3.63) is 52.7 Å². The molecule has 1 aromatic heterocycles. The van der Waals surface area contributed by atoms with Gasteiger partial charge in [0.1, 0.15) is 18.0 Å². The molecule has 0 fully saturated rings. The number of nitro groups is 1. The molecule has 1 aromatic carbocycles. The van der Waals surface area contributed by atoms with Crippen LogP contribution in [0.5, 0.6) is 11.6 Å². The summed E-state index contributed by atoms with van der Waals surface area (Å²) in [5.41, 5.74) is 0.278. The molecule has 0 bridgehead atoms. The number of carboxylic acid groups (broad SMARTS) is 1. The molecule has 136 valence electrons. The van der Waals surface area contributed by atoms with Gasteiger partial charge in [-0.25, -0.2) is 9.78 Å². The molecule has 1 heterocycles. The molecule has 2 aromatic rings. The summed E-state index contributed by atoms with van der Waals surface area (Å²) in [6.45, 7) is 2.99. The fourth-order valence-corrected chi connectivity index (χ4v) is 2.39. The summed E-state index contributed by atoms with van der Waals surface area (Å²) in [6.07, 6.45) is 1.35. The van der Waals surface area contributed by atoms with E-state index in [0.717, 1.165) is 6.20 Å². The molecule has 2 rings (SSSR count). The normalized spacial score (nSPS) is 11.5. The minimum absolute atomic E-state index is 0.149. The van der Waals surface area contributed by atoms with Gasteiger partial charge in [0, 0.05) is 24.7 Å².